The van der Waals surface area contributed by atoms with Crippen molar-refractivity contribution in [2.45, 2.75) is 102 Å². The van der Waals surface area contributed by atoms with Crippen molar-refractivity contribution in [1.82, 2.24) is 20.4 Å². The van der Waals surface area contributed by atoms with Crippen molar-refractivity contribution in [2.75, 3.05) is 27.2 Å². The molecule has 8 nitrogen and oxygen atoms in total. The molecule has 3 aliphatic rings. The highest BCUT2D eigenvalue weighted by Crippen LogP contribution is 2.36. The first-order chi connectivity index (χ1) is 15.1. The van der Waals surface area contributed by atoms with E-state index in [1.807, 2.05) is 25.7 Å². The summed E-state index contributed by atoms with van der Waals surface area (Å²) in [6.45, 7) is 6.77. The highest BCUT2D eigenvalue weighted by molar-refractivity contribution is 14.0. The lowest BCUT2D eigenvalue weighted by Crippen LogP contribution is -2.55. The highest BCUT2D eigenvalue weighted by Gasteiger charge is 2.45. The first-order valence-electron chi connectivity index (χ1n) is 12.4. The van der Waals surface area contributed by atoms with E-state index in [-0.39, 0.29) is 60.6 Å². The van der Waals surface area contributed by atoms with Gasteiger partial charge in [-0.3, -0.25) is 4.79 Å². The third-order valence-corrected chi connectivity index (χ3v) is 6.83. The quantitative estimate of drug-likeness (QED) is 0.296. The van der Waals surface area contributed by atoms with Crippen molar-refractivity contribution in [3.63, 3.8) is 0 Å². The van der Waals surface area contributed by atoms with E-state index in [9.17, 15) is 9.59 Å². The van der Waals surface area contributed by atoms with Gasteiger partial charge in [0.05, 0.1) is 0 Å². The average molecular weight is 578 g/mol. The summed E-state index contributed by atoms with van der Waals surface area (Å²) >= 11 is 0. The van der Waals surface area contributed by atoms with Gasteiger partial charge in [-0.05, 0) is 65.2 Å². The Kier molecular flexibility index (Phi) is 10.6. The van der Waals surface area contributed by atoms with E-state index in [0.717, 1.165) is 38.2 Å². The van der Waals surface area contributed by atoms with E-state index in [0.29, 0.717) is 5.92 Å². The summed E-state index contributed by atoms with van der Waals surface area (Å²) in [5.41, 5.74) is -0.479. The zero-order chi connectivity index (χ0) is 23.3. The molecule has 3 fully saturated rings. The molecule has 0 aromatic carbocycles. The molecule has 2 heterocycles. The van der Waals surface area contributed by atoms with Gasteiger partial charge in [0.25, 0.3) is 0 Å². The Bertz CT molecular complexity index is 674. The smallest absolute Gasteiger partial charge is 0.410 e. The predicted octanol–water partition coefficient (Wildman–Crippen LogP) is 3.74. The maximum absolute atomic E-state index is 12.7. The summed E-state index contributed by atoms with van der Waals surface area (Å²) in [6.07, 6.45) is 10.1. The van der Waals surface area contributed by atoms with Crippen LogP contribution in [0.1, 0.15) is 78.6 Å². The van der Waals surface area contributed by atoms with Gasteiger partial charge in [0.2, 0.25) is 5.91 Å². The number of nitrogens with one attached hydrogen (secondary N) is 2. The Morgan fingerprint density at radius 3 is 2.18 bits per heavy atom. The third kappa shape index (κ3) is 8.47. The second kappa shape index (κ2) is 12.4. The van der Waals surface area contributed by atoms with Gasteiger partial charge in [-0.1, -0.05) is 19.3 Å². The number of rotatable bonds is 5. The summed E-state index contributed by atoms with van der Waals surface area (Å²) in [6, 6.07) is 0.631. The van der Waals surface area contributed by atoms with Gasteiger partial charge in [-0.25, -0.2) is 9.79 Å². The van der Waals surface area contributed by atoms with Crippen LogP contribution in [0.2, 0.25) is 0 Å². The molecule has 0 radical (unpaired) electrons. The minimum atomic E-state index is -0.479. The second-order valence-electron chi connectivity index (χ2n) is 10.9. The molecule has 0 aromatic rings. The van der Waals surface area contributed by atoms with Crippen LogP contribution >= 0.6 is 24.0 Å². The molecule has 9 heteroatoms. The van der Waals surface area contributed by atoms with Crippen LogP contribution in [0.5, 0.6) is 0 Å². The van der Waals surface area contributed by atoms with Crippen LogP contribution in [0.15, 0.2) is 4.99 Å². The van der Waals surface area contributed by atoms with Crippen LogP contribution in [0.25, 0.3) is 0 Å². The Morgan fingerprint density at radius 2 is 1.64 bits per heavy atom. The molecule has 0 aromatic heterocycles. The first kappa shape index (κ1) is 28.0. The maximum Gasteiger partial charge on any atom is 0.410 e. The number of carbonyl (C=O) groups excluding carboxylic acids is 2. The fourth-order valence-electron chi connectivity index (χ4n) is 5.17. The first-order valence-corrected chi connectivity index (χ1v) is 12.4. The van der Waals surface area contributed by atoms with Gasteiger partial charge in [-0.15, -0.1) is 24.0 Å². The largest absolute Gasteiger partial charge is 0.444 e. The number of fused-ring (bicyclic) bond motifs is 2. The molecule has 2 saturated heterocycles. The molecule has 2 N–H and O–H groups in total. The molecule has 33 heavy (non-hydrogen) atoms. The zero-order valence-electron chi connectivity index (χ0n) is 21.1. The van der Waals surface area contributed by atoms with Crippen molar-refractivity contribution in [1.29, 1.82) is 0 Å². The number of hydrogen-bond donors (Lipinski definition) is 2. The molecule has 2 aliphatic heterocycles. The molecule has 1 saturated carbocycles. The number of piperidine rings is 1. The van der Waals surface area contributed by atoms with Gasteiger partial charge in [-0.2, -0.15) is 0 Å². The number of halogens is 1. The minimum absolute atomic E-state index is 0. The van der Waals surface area contributed by atoms with E-state index >= 15 is 0 Å². The van der Waals surface area contributed by atoms with E-state index in [1.54, 1.807) is 19.0 Å². The Labute approximate surface area is 216 Å². The molecular formula is C24H44IN5O3. The normalized spacial score (nSPS) is 25.8. The van der Waals surface area contributed by atoms with Gasteiger partial charge in [0.1, 0.15) is 12.1 Å². The Morgan fingerprint density at radius 1 is 1.03 bits per heavy atom. The van der Waals surface area contributed by atoms with Crippen molar-refractivity contribution < 1.29 is 14.3 Å². The molecule has 2 atom stereocenters. The second-order valence-corrected chi connectivity index (χ2v) is 10.9. The standard InChI is InChI=1S/C24H43N5O3.HI/c1-24(2,3)32-23(31)29-19-11-12-20(29)14-18(13-19)27-22(26-16-21(30)28(4)5)25-15-17-9-7-6-8-10-17;/h17-20H,6-16H2,1-5H3,(H2,25,26,27);1H. The van der Waals surface area contributed by atoms with Crippen molar-refractivity contribution in [2.24, 2.45) is 10.9 Å². The van der Waals surface area contributed by atoms with Gasteiger partial charge in [0.15, 0.2) is 5.96 Å². The van der Waals surface area contributed by atoms with E-state index < -0.39 is 5.60 Å². The molecule has 2 bridgehead atoms. The number of nitrogens with zero attached hydrogens (tertiary/aromatic N) is 3. The van der Waals surface area contributed by atoms with Crippen LogP contribution in [0.3, 0.4) is 0 Å². The number of hydrogen-bond acceptors (Lipinski definition) is 4. The van der Waals surface area contributed by atoms with Crippen LogP contribution in [-0.4, -0.2) is 78.7 Å². The number of ether oxygens (including phenoxy) is 1. The fourth-order valence-corrected chi connectivity index (χ4v) is 5.17. The highest BCUT2D eigenvalue weighted by atomic mass is 127. The van der Waals surface area contributed by atoms with E-state index in [2.05, 4.69) is 15.6 Å². The topological polar surface area (TPSA) is 86.3 Å². The molecule has 2 unspecified atom stereocenters. The lowest BCUT2D eigenvalue weighted by molar-refractivity contribution is -0.127. The van der Waals surface area contributed by atoms with Crippen molar-refractivity contribution in [3.8, 4) is 0 Å². The zero-order valence-corrected chi connectivity index (χ0v) is 23.4. The summed E-state index contributed by atoms with van der Waals surface area (Å²) in [4.78, 5) is 33.0. The summed E-state index contributed by atoms with van der Waals surface area (Å²) in [5, 5.41) is 7.10. The number of likely N-dealkylation sites (N-methyl/N-ethyl adjacent to an activating group) is 1. The Hall–Kier alpha value is -1.26. The predicted molar refractivity (Wildman–Crippen MR) is 142 cm³/mol. The van der Waals surface area contributed by atoms with Crippen molar-refractivity contribution >= 4 is 41.9 Å². The lowest BCUT2D eigenvalue weighted by Gasteiger charge is -2.40. The van der Waals surface area contributed by atoms with Crippen LogP contribution in [-0.2, 0) is 9.53 Å². The third-order valence-electron chi connectivity index (χ3n) is 6.83. The SMILES string of the molecule is CN(C)C(=O)CN=C(NCC1CCCCC1)NC1CC2CCC(C1)N2C(=O)OC(C)(C)C.I. The summed E-state index contributed by atoms with van der Waals surface area (Å²) in [5.74, 6) is 1.38. The van der Waals surface area contributed by atoms with E-state index in [4.69, 9.17) is 4.74 Å². The summed E-state index contributed by atoms with van der Waals surface area (Å²) in [7, 11) is 3.51. The maximum atomic E-state index is 12.7. The van der Waals surface area contributed by atoms with Gasteiger partial charge < -0.3 is 25.2 Å². The number of carbonyl (C=O) groups is 2. The number of guanidine groups is 1. The lowest BCUT2D eigenvalue weighted by atomic mass is 9.89. The van der Waals surface area contributed by atoms with Crippen LogP contribution in [0, 0.1) is 5.92 Å². The van der Waals surface area contributed by atoms with Gasteiger partial charge >= 0.3 is 6.09 Å². The number of aliphatic imine (C=N–C) groups is 1. The number of amides is 2. The van der Waals surface area contributed by atoms with E-state index in [1.165, 1.54) is 32.1 Å². The molecule has 1 aliphatic carbocycles. The molecule has 3 rings (SSSR count). The minimum Gasteiger partial charge on any atom is -0.444 e. The summed E-state index contributed by atoms with van der Waals surface area (Å²) < 4.78 is 5.66. The molecule has 190 valence electrons. The molecule has 0 spiro atoms. The fraction of sp³-hybridized carbons (Fsp3) is 0.875. The molecule has 2 amide bonds. The van der Waals surface area contributed by atoms with Crippen LogP contribution < -0.4 is 10.6 Å². The van der Waals surface area contributed by atoms with Crippen molar-refractivity contribution in [3.05, 3.63) is 0 Å². The average Bonchev–Trinajstić information content (AvgIpc) is 3.00. The Balaban J connectivity index is 0.00000385. The molecular weight excluding hydrogens is 533 g/mol. The van der Waals surface area contributed by atoms with Crippen LogP contribution in [0.4, 0.5) is 4.79 Å². The monoisotopic (exact) mass is 577 g/mol. The van der Waals surface area contributed by atoms with Gasteiger partial charge in [0, 0.05) is 38.8 Å².